The summed E-state index contributed by atoms with van der Waals surface area (Å²) in [5.41, 5.74) is 0.942. The zero-order valence-electron chi connectivity index (χ0n) is 15.9. The van der Waals surface area contributed by atoms with Crippen LogP contribution >= 0.6 is 0 Å². The quantitative estimate of drug-likeness (QED) is 0.814. The highest BCUT2D eigenvalue weighted by Crippen LogP contribution is 2.38. The first-order valence-electron chi connectivity index (χ1n) is 9.31. The molecule has 0 amide bonds. The minimum Gasteiger partial charge on any atom is -0.497 e. The Morgan fingerprint density at radius 2 is 1.78 bits per heavy atom. The molecule has 1 fully saturated rings. The smallest absolute Gasteiger partial charge is 0.332 e. The van der Waals surface area contributed by atoms with Crippen LogP contribution in [0.1, 0.15) is 42.9 Å². The Hall–Kier alpha value is -2.83. The summed E-state index contributed by atoms with van der Waals surface area (Å²) < 4.78 is 7.94. The number of ether oxygens (including phenoxy) is 1. The molecule has 1 saturated heterocycles. The van der Waals surface area contributed by atoms with E-state index in [1.165, 1.54) is 16.2 Å². The van der Waals surface area contributed by atoms with Crippen molar-refractivity contribution in [1.29, 1.82) is 0 Å². The Balaban J connectivity index is 1.99. The van der Waals surface area contributed by atoms with Crippen LogP contribution in [0.3, 0.4) is 0 Å². The van der Waals surface area contributed by atoms with E-state index < -0.39 is 0 Å². The molecule has 1 atom stereocenters. The van der Waals surface area contributed by atoms with Crippen LogP contribution in [0, 0.1) is 0 Å². The van der Waals surface area contributed by atoms with Gasteiger partial charge in [0.15, 0.2) is 0 Å². The Morgan fingerprint density at radius 3 is 2.48 bits per heavy atom. The second-order valence-corrected chi connectivity index (χ2v) is 7.15. The molecule has 2 aliphatic rings. The van der Waals surface area contributed by atoms with Crippen molar-refractivity contribution in [3.05, 3.63) is 56.2 Å². The maximum Gasteiger partial charge on any atom is 0.332 e. The predicted octanol–water partition coefficient (Wildman–Crippen LogP) is 2.10. The van der Waals surface area contributed by atoms with Gasteiger partial charge < -0.3 is 9.64 Å². The van der Waals surface area contributed by atoms with Gasteiger partial charge in [-0.05, 0) is 30.5 Å². The summed E-state index contributed by atoms with van der Waals surface area (Å²) in [4.78, 5) is 32.5. The minimum absolute atomic E-state index is 0.248. The lowest BCUT2D eigenvalue weighted by molar-refractivity contribution is 0.341. The van der Waals surface area contributed by atoms with Gasteiger partial charge in [0.2, 0.25) is 0 Å². The number of rotatable bonds is 2. The summed E-state index contributed by atoms with van der Waals surface area (Å²) in [6.45, 7) is 0.848. The van der Waals surface area contributed by atoms with E-state index in [1.807, 2.05) is 24.3 Å². The highest BCUT2D eigenvalue weighted by molar-refractivity contribution is 5.88. The summed E-state index contributed by atoms with van der Waals surface area (Å²) in [7, 11) is 4.84. The van der Waals surface area contributed by atoms with Gasteiger partial charge in [0.1, 0.15) is 17.4 Å². The van der Waals surface area contributed by atoms with Crippen LogP contribution in [0.15, 0.2) is 38.8 Å². The molecule has 3 heterocycles. The van der Waals surface area contributed by atoms with Gasteiger partial charge in [-0.3, -0.25) is 13.9 Å². The molecule has 1 aromatic carbocycles. The van der Waals surface area contributed by atoms with Gasteiger partial charge in [0.05, 0.1) is 18.7 Å². The Morgan fingerprint density at radius 1 is 1.04 bits per heavy atom. The van der Waals surface area contributed by atoms with E-state index in [0.717, 1.165) is 49.4 Å². The maximum absolute atomic E-state index is 13.1. The molecule has 0 radical (unpaired) electrons. The molecular formula is C20H24N4O3. The third-order valence-corrected chi connectivity index (χ3v) is 5.55. The van der Waals surface area contributed by atoms with Crippen molar-refractivity contribution < 1.29 is 4.74 Å². The lowest BCUT2D eigenvalue weighted by Crippen LogP contribution is -2.46. The molecule has 4 rings (SSSR count). The van der Waals surface area contributed by atoms with Crippen LogP contribution in [-0.2, 0) is 14.1 Å². The molecule has 0 spiro atoms. The van der Waals surface area contributed by atoms with Crippen LogP contribution in [-0.4, -0.2) is 33.5 Å². The SMILES string of the molecule is COc1ccc(C2c3c(n(C)c(=O)n(C)c3=O)N=C3CCCCCN32)cc1. The number of fused-ring (bicyclic) bond motifs is 2. The third-order valence-electron chi connectivity index (χ3n) is 5.55. The summed E-state index contributed by atoms with van der Waals surface area (Å²) in [5, 5.41) is 0. The van der Waals surface area contributed by atoms with Crippen molar-refractivity contribution in [3.8, 4) is 5.75 Å². The first kappa shape index (κ1) is 17.6. The Bertz CT molecular complexity index is 1020. The van der Waals surface area contributed by atoms with Crippen LogP contribution < -0.4 is 16.0 Å². The Kier molecular flexibility index (Phi) is 4.37. The van der Waals surface area contributed by atoms with Gasteiger partial charge in [-0.25, -0.2) is 9.79 Å². The predicted molar refractivity (Wildman–Crippen MR) is 104 cm³/mol. The van der Waals surface area contributed by atoms with Gasteiger partial charge >= 0.3 is 5.69 Å². The monoisotopic (exact) mass is 368 g/mol. The van der Waals surface area contributed by atoms with E-state index in [-0.39, 0.29) is 17.3 Å². The molecule has 7 nitrogen and oxygen atoms in total. The van der Waals surface area contributed by atoms with E-state index in [1.54, 1.807) is 14.2 Å². The van der Waals surface area contributed by atoms with Crippen molar-refractivity contribution in [3.63, 3.8) is 0 Å². The average molecular weight is 368 g/mol. The largest absolute Gasteiger partial charge is 0.497 e. The number of benzene rings is 1. The van der Waals surface area contributed by atoms with E-state index in [4.69, 9.17) is 9.73 Å². The van der Waals surface area contributed by atoms with Gasteiger partial charge in [-0.15, -0.1) is 0 Å². The molecule has 0 bridgehead atoms. The van der Waals surface area contributed by atoms with E-state index >= 15 is 0 Å². The number of hydrogen-bond donors (Lipinski definition) is 0. The fraction of sp³-hybridized carbons (Fsp3) is 0.450. The average Bonchev–Trinajstić information content (AvgIpc) is 2.94. The zero-order chi connectivity index (χ0) is 19.1. The van der Waals surface area contributed by atoms with E-state index in [2.05, 4.69) is 4.90 Å². The van der Waals surface area contributed by atoms with Crippen LogP contribution in [0.4, 0.5) is 5.82 Å². The molecule has 0 N–H and O–H groups in total. The number of nitrogens with zero attached hydrogens (tertiary/aromatic N) is 4. The highest BCUT2D eigenvalue weighted by atomic mass is 16.5. The highest BCUT2D eigenvalue weighted by Gasteiger charge is 2.36. The van der Waals surface area contributed by atoms with Crippen LogP contribution in [0.2, 0.25) is 0 Å². The number of hydrogen-bond acceptors (Lipinski definition) is 5. The molecule has 0 aliphatic carbocycles. The van der Waals surface area contributed by atoms with Gasteiger partial charge in [0.25, 0.3) is 5.56 Å². The number of aromatic nitrogens is 2. The van der Waals surface area contributed by atoms with E-state index in [0.29, 0.717) is 11.4 Å². The van der Waals surface area contributed by atoms with Crippen molar-refractivity contribution in [2.24, 2.45) is 19.1 Å². The van der Waals surface area contributed by atoms with Crippen molar-refractivity contribution >= 4 is 11.7 Å². The van der Waals surface area contributed by atoms with Gasteiger partial charge in [0, 0.05) is 27.1 Å². The zero-order valence-corrected chi connectivity index (χ0v) is 15.9. The summed E-state index contributed by atoms with van der Waals surface area (Å²) >= 11 is 0. The minimum atomic E-state index is -0.348. The molecule has 7 heteroatoms. The number of methoxy groups -OCH3 is 1. The summed E-state index contributed by atoms with van der Waals surface area (Å²) in [5.74, 6) is 2.22. The molecule has 1 unspecified atom stereocenters. The molecule has 1 aromatic heterocycles. The van der Waals surface area contributed by atoms with Crippen molar-refractivity contribution in [1.82, 2.24) is 14.0 Å². The molecular weight excluding hydrogens is 344 g/mol. The van der Waals surface area contributed by atoms with Gasteiger partial charge in [-0.1, -0.05) is 18.6 Å². The number of aliphatic imine (C=N–C) groups is 1. The lowest BCUT2D eigenvalue weighted by Gasteiger charge is -2.37. The first-order chi connectivity index (χ1) is 13.0. The molecule has 2 aliphatic heterocycles. The normalized spacial score (nSPS) is 19.0. The maximum atomic E-state index is 13.1. The molecule has 0 saturated carbocycles. The van der Waals surface area contributed by atoms with Crippen LogP contribution in [0.5, 0.6) is 5.75 Å². The molecule has 27 heavy (non-hydrogen) atoms. The number of amidine groups is 1. The Labute approximate surface area is 157 Å². The van der Waals surface area contributed by atoms with Gasteiger partial charge in [-0.2, -0.15) is 0 Å². The second-order valence-electron chi connectivity index (χ2n) is 7.15. The topological polar surface area (TPSA) is 68.8 Å². The third kappa shape index (κ3) is 2.78. The summed E-state index contributed by atoms with van der Waals surface area (Å²) in [6, 6.07) is 7.55. The molecule has 2 aromatic rings. The summed E-state index contributed by atoms with van der Waals surface area (Å²) in [6.07, 6.45) is 4.12. The molecule has 142 valence electrons. The second kappa shape index (κ2) is 6.72. The van der Waals surface area contributed by atoms with E-state index in [9.17, 15) is 9.59 Å². The lowest BCUT2D eigenvalue weighted by atomic mass is 9.96. The van der Waals surface area contributed by atoms with Crippen molar-refractivity contribution in [2.75, 3.05) is 13.7 Å². The first-order valence-corrected chi connectivity index (χ1v) is 9.31. The fourth-order valence-corrected chi connectivity index (χ4v) is 4.06. The standard InChI is InChI=1S/C20H24N4O3/c1-22-18-16(19(25)23(2)20(22)26)17(13-8-10-14(27-3)11-9-13)24-12-6-4-5-7-15(24)21-18/h8-11,17H,4-7,12H2,1-3H3. The van der Waals surface area contributed by atoms with Crippen LogP contribution in [0.25, 0.3) is 0 Å². The fourth-order valence-electron chi connectivity index (χ4n) is 4.06. The van der Waals surface area contributed by atoms with Crippen molar-refractivity contribution in [2.45, 2.75) is 31.7 Å².